The first-order valence-electron chi connectivity index (χ1n) is 4.82. The van der Waals surface area contributed by atoms with E-state index in [1.165, 1.54) is 12.8 Å². The van der Waals surface area contributed by atoms with Gasteiger partial charge in [0.25, 0.3) is 0 Å². The first kappa shape index (κ1) is 8.09. The van der Waals surface area contributed by atoms with Crippen LogP contribution in [-0.4, -0.2) is 12.1 Å². The summed E-state index contributed by atoms with van der Waals surface area (Å²) in [6, 6.07) is 0. The molecule has 1 saturated carbocycles. The standard InChI is InChI=1S/C10H16O2/c1-7-3-4-8(12-9(7)11)10(2)5-6-10/h7-8H,3-6H2,1-2H3. The highest BCUT2D eigenvalue weighted by Gasteiger charge is 2.48. The van der Waals surface area contributed by atoms with Gasteiger partial charge in [-0.3, -0.25) is 4.79 Å². The fraction of sp³-hybridized carbons (Fsp3) is 0.900. The summed E-state index contributed by atoms with van der Waals surface area (Å²) in [6.45, 7) is 4.18. The molecule has 1 aliphatic carbocycles. The number of esters is 1. The van der Waals surface area contributed by atoms with Crippen LogP contribution in [0.3, 0.4) is 0 Å². The second kappa shape index (κ2) is 2.48. The van der Waals surface area contributed by atoms with E-state index in [0.29, 0.717) is 5.41 Å². The summed E-state index contributed by atoms with van der Waals surface area (Å²) in [5, 5.41) is 0. The Kier molecular flexibility index (Phi) is 1.67. The molecule has 0 aromatic rings. The van der Waals surface area contributed by atoms with Crippen molar-refractivity contribution in [3.8, 4) is 0 Å². The van der Waals surface area contributed by atoms with Crippen LogP contribution in [0.15, 0.2) is 0 Å². The predicted octanol–water partition coefficient (Wildman–Crippen LogP) is 2.13. The van der Waals surface area contributed by atoms with E-state index in [1.807, 2.05) is 6.92 Å². The van der Waals surface area contributed by atoms with E-state index in [4.69, 9.17) is 4.74 Å². The largest absolute Gasteiger partial charge is 0.462 e. The van der Waals surface area contributed by atoms with Crippen LogP contribution in [0.5, 0.6) is 0 Å². The number of hydrogen-bond donors (Lipinski definition) is 0. The molecule has 0 spiro atoms. The van der Waals surface area contributed by atoms with Crippen LogP contribution < -0.4 is 0 Å². The van der Waals surface area contributed by atoms with Crippen molar-refractivity contribution in [3.05, 3.63) is 0 Å². The summed E-state index contributed by atoms with van der Waals surface area (Å²) in [5.74, 6) is 0.142. The lowest BCUT2D eigenvalue weighted by Crippen LogP contribution is -2.34. The molecule has 2 fully saturated rings. The van der Waals surface area contributed by atoms with Gasteiger partial charge in [-0.05, 0) is 25.7 Å². The highest BCUT2D eigenvalue weighted by atomic mass is 16.5. The van der Waals surface area contributed by atoms with Crippen molar-refractivity contribution in [2.45, 2.75) is 45.6 Å². The zero-order valence-corrected chi connectivity index (χ0v) is 7.80. The van der Waals surface area contributed by atoms with Gasteiger partial charge in [-0.25, -0.2) is 0 Å². The van der Waals surface area contributed by atoms with Crippen molar-refractivity contribution >= 4 is 5.97 Å². The normalized spacial score (nSPS) is 39.0. The Morgan fingerprint density at radius 1 is 1.42 bits per heavy atom. The number of carbonyl (C=O) groups excluding carboxylic acids is 1. The highest BCUT2D eigenvalue weighted by Crippen LogP contribution is 2.51. The summed E-state index contributed by atoms with van der Waals surface area (Å²) in [5.41, 5.74) is 0.343. The molecule has 1 aliphatic heterocycles. The van der Waals surface area contributed by atoms with Crippen molar-refractivity contribution < 1.29 is 9.53 Å². The van der Waals surface area contributed by atoms with Gasteiger partial charge in [0.1, 0.15) is 6.10 Å². The van der Waals surface area contributed by atoms with Gasteiger partial charge >= 0.3 is 5.97 Å². The molecule has 2 unspecified atom stereocenters. The van der Waals surface area contributed by atoms with Crippen molar-refractivity contribution in [1.29, 1.82) is 0 Å². The van der Waals surface area contributed by atoms with Crippen LogP contribution >= 0.6 is 0 Å². The molecule has 2 heteroatoms. The molecular formula is C10H16O2. The lowest BCUT2D eigenvalue weighted by Gasteiger charge is -2.30. The van der Waals surface area contributed by atoms with Gasteiger partial charge in [0.05, 0.1) is 5.92 Å². The van der Waals surface area contributed by atoms with Gasteiger partial charge in [-0.2, -0.15) is 0 Å². The molecule has 2 nitrogen and oxygen atoms in total. The smallest absolute Gasteiger partial charge is 0.308 e. The Balaban J connectivity index is 1.98. The zero-order chi connectivity index (χ0) is 8.77. The number of cyclic esters (lactones) is 1. The molecule has 0 amide bonds. The van der Waals surface area contributed by atoms with E-state index in [0.717, 1.165) is 12.8 Å². The maximum absolute atomic E-state index is 11.3. The molecule has 2 aliphatic rings. The Morgan fingerprint density at radius 3 is 2.58 bits per heavy atom. The summed E-state index contributed by atoms with van der Waals surface area (Å²) < 4.78 is 5.39. The third-order valence-corrected chi connectivity index (χ3v) is 3.34. The molecule has 2 rings (SSSR count). The summed E-state index contributed by atoms with van der Waals surface area (Å²) in [6.07, 6.45) is 4.78. The summed E-state index contributed by atoms with van der Waals surface area (Å²) >= 11 is 0. The van der Waals surface area contributed by atoms with Crippen LogP contribution in [0.4, 0.5) is 0 Å². The van der Waals surface area contributed by atoms with E-state index < -0.39 is 0 Å². The molecule has 0 radical (unpaired) electrons. The van der Waals surface area contributed by atoms with Gasteiger partial charge < -0.3 is 4.74 Å². The Bertz CT molecular complexity index is 206. The second-order valence-corrected chi connectivity index (χ2v) is 4.56. The second-order valence-electron chi connectivity index (χ2n) is 4.56. The number of carbonyl (C=O) groups is 1. The van der Waals surface area contributed by atoms with Crippen LogP contribution in [0.25, 0.3) is 0 Å². The van der Waals surface area contributed by atoms with Crippen molar-refractivity contribution in [2.75, 3.05) is 0 Å². The van der Waals surface area contributed by atoms with Gasteiger partial charge in [0.2, 0.25) is 0 Å². The lowest BCUT2D eigenvalue weighted by molar-refractivity contribution is -0.163. The van der Waals surface area contributed by atoms with E-state index in [1.54, 1.807) is 0 Å². The van der Waals surface area contributed by atoms with E-state index >= 15 is 0 Å². The quantitative estimate of drug-likeness (QED) is 0.561. The van der Waals surface area contributed by atoms with Gasteiger partial charge in [-0.15, -0.1) is 0 Å². The van der Waals surface area contributed by atoms with Gasteiger partial charge in [0, 0.05) is 5.41 Å². The maximum atomic E-state index is 11.3. The SMILES string of the molecule is CC1CCC(C2(C)CC2)OC1=O. The van der Waals surface area contributed by atoms with Crippen LogP contribution in [0.2, 0.25) is 0 Å². The molecule has 0 bridgehead atoms. The third-order valence-electron chi connectivity index (χ3n) is 3.34. The Labute approximate surface area is 73.3 Å². The number of rotatable bonds is 1. The fourth-order valence-electron chi connectivity index (χ4n) is 1.84. The van der Waals surface area contributed by atoms with Crippen molar-refractivity contribution in [1.82, 2.24) is 0 Å². The molecule has 1 heterocycles. The number of ether oxygens (including phenoxy) is 1. The molecule has 2 atom stereocenters. The minimum absolute atomic E-state index is 0.0133. The van der Waals surface area contributed by atoms with Crippen LogP contribution in [-0.2, 0) is 9.53 Å². The van der Waals surface area contributed by atoms with Crippen molar-refractivity contribution in [2.24, 2.45) is 11.3 Å². The van der Waals surface area contributed by atoms with E-state index in [9.17, 15) is 4.79 Å². The topological polar surface area (TPSA) is 26.3 Å². The molecule has 68 valence electrons. The summed E-state index contributed by atoms with van der Waals surface area (Å²) in [4.78, 5) is 11.3. The predicted molar refractivity (Wildman–Crippen MR) is 45.6 cm³/mol. The zero-order valence-electron chi connectivity index (χ0n) is 7.80. The highest BCUT2D eigenvalue weighted by molar-refractivity contribution is 5.73. The molecule has 1 saturated heterocycles. The third kappa shape index (κ3) is 1.23. The Morgan fingerprint density at radius 2 is 2.08 bits per heavy atom. The molecular weight excluding hydrogens is 152 g/mol. The average Bonchev–Trinajstić information content (AvgIpc) is 2.75. The number of hydrogen-bond acceptors (Lipinski definition) is 2. The van der Waals surface area contributed by atoms with Crippen LogP contribution in [0, 0.1) is 11.3 Å². The molecule has 0 aromatic heterocycles. The fourth-order valence-corrected chi connectivity index (χ4v) is 1.84. The van der Waals surface area contributed by atoms with Gasteiger partial charge in [-0.1, -0.05) is 13.8 Å². The average molecular weight is 168 g/mol. The lowest BCUT2D eigenvalue weighted by atomic mass is 9.91. The molecule has 0 aromatic carbocycles. The minimum atomic E-state index is 0.0133. The van der Waals surface area contributed by atoms with E-state index in [-0.39, 0.29) is 18.0 Å². The maximum Gasteiger partial charge on any atom is 0.308 e. The summed E-state index contributed by atoms with van der Waals surface area (Å²) in [7, 11) is 0. The van der Waals surface area contributed by atoms with Crippen LogP contribution in [0.1, 0.15) is 39.5 Å². The first-order chi connectivity index (χ1) is 5.62. The molecule has 12 heavy (non-hydrogen) atoms. The monoisotopic (exact) mass is 168 g/mol. The molecule has 0 N–H and O–H groups in total. The first-order valence-corrected chi connectivity index (χ1v) is 4.82. The van der Waals surface area contributed by atoms with E-state index in [2.05, 4.69) is 6.92 Å². The Hall–Kier alpha value is -0.530. The minimum Gasteiger partial charge on any atom is -0.462 e. The van der Waals surface area contributed by atoms with Crippen molar-refractivity contribution in [3.63, 3.8) is 0 Å². The van der Waals surface area contributed by atoms with Gasteiger partial charge in [0.15, 0.2) is 0 Å².